The molecule has 3 heterocycles. The van der Waals surface area contributed by atoms with E-state index < -0.39 is 24.1 Å². The Kier molecular flexibility index (Phi) is 9.93. The number of alkyl halides is 2. The first kappa shape index (κ1) is 33.6. The zero-order valence-electron chi connectivity index (χ0n) is 26.5. The van der Waals surface area contributed by atoms with Crippen LogP contribution in [0.25, 0.3) is 6.08 Å². The maximum atomic E-state index is 14.0. The number of carbonyl (C=O) groups excluding carboxylic acids is 1. The van der Waals surface area contributed by atoms with Crippen molar-refractivity contribution in [3.8, 4) is 11.8 Å². The van der Waals surface area contributed by atoms with Crippen LogP contribution in [0, 0.1) is 18.3 Å². The van der Waals surface area contributed by atoms with E-state index in [9.17, 15) is 23.6 Å². The van der Waals surface area contributed by atoms with Crippen molar-refractivity contribution in [1.82, 2.24) is 9.55 Å². The Morgan fingerprint density at radius 2 is 1.89 bits per heavy atom. The monoisotopic (exact) mass is 675 g/mol. The molecular weight excluding hydrogens is 645 g/mol. The standard InChI is InChI=1S/C34H31F2N5O4S2/c1-18-13-25(30(35)36)39-31(24(18)16-37)46-17-22-14-20(7-12-26(22)44-5)15-27-32(42)41-29(21-8-10-23(11-9-21)40(3)4)28(33(43)45-6)19(2)38-34(41)47-27/h7-15,29-30H,17H2,1-6H3. The Morgan fingerprint density at radius 3 is 2.51 bits per heavy atom. The molecule has 2 aromatic heterocycles. The molecule has 0 saturated carbocycles. The molecule has 242 valence electrons. The lowest BCUT2D eigenvalue weighted by Gasteiger charge is -2.25. The number of aromatic nitrogens is 2. The number of hydrogen-bond donors (Lipinski definition) is 0. The van der Waals surface area contributed by atoms with Crippen LogP contribution in [0.3, 0.4) is 0 Å². The van der Waals surface area contributed by atoms with Gasteiger partial charge in [-0.15, -0.1) is 11.8 Å². The lowest BCUT2D eigenvalue weighted by molar-refractivity contribution is -0.136. The van der Waals surface area contributed by atoms with Crippen LogP contribution in [0.2, 0.25) is 0 Å². The van der Waals surface area contributed by atoms with Gasteiger partial charge >= 0.3 is 5.97 Å². The van der Waals surface area contributed by atoms with Gasteiger partial charge < -0.3 is 14.4 Å². The summed E-state index contributed by atoms with van der Waals surface area (Å²) in [6, 6.07) is 15.6. The van der Waals surface area contributed by atoms with Crippen molar-refractivity contribution < 1.29 is 23.0 Å². The number of esters is 1. The third-order valence-corrected chi connectivity index (χ3v) is 9.66. The van der Waals surface area contributed by atoms with Crippen molar-refractivity contribution >= 4 is 40.8 Å². The number of methoxy groups -OCH3 is 2. The first-order chi connectivity index (χ1) is 22.5. The summed E-state index contributed by atoms with van der Waals surface area (Å²) in [5.41, 5.74) is 3.80. The van der Waals surface area contributed by atoms with Gasteiger partial charge in [-0.25, -0.2) is 23.6 Å². The number of benzene rings is 2. The van der Waals surface area contributed by atoms with Crippen molar-refractivity contribution in [1.29, 1.82) is 5.26 Å². The first-order valence-electron chi connectivity index (χ1n) is 14.3. The summed E-state index contributed by atoms with van der Waals surface area (Å²) < 4.78 is 39.5. The summed E-state index contributed by atoms with van der Waals surface area (Å²) in [6.07, 6.45) is -1.03. The predicted molar refractivity (Wildman–Crippen MR) is 178 cm³/mol. The van der Waals surface area contributed by atoms with Gasteiger partial charge in [-0.2, -0.15) is 5.26 Å². The third-order valence-electron chi connectivity index (χ3n) is 7.66. The second-order valence-corrected chi connectivity index (χ2v) is 12.8. The molecule has 0 radical (unpaired) electrons. The van der Waals surface area contributed by atoms with Crippen molar-refractivity contribution in [2.24, 2.45) is 4.99 Å². The van der Waals surface area contributed by atoms with E-state index in [1.165, 1.54) is 36.2 Å². The van der Waals surface area contributed by atoms with Crippen LogP contribution >= 0.6 is 23.1 Å². The molecule has 4 aromatic rings. The third kappa shape index (κ3) is 6.70. The van der Waals surface area contributed by atoms with Gasteiger partial charge in [-0.3, -0.25) is 9.36 Å². The molecule has 0 N–H and O–H groups in total. The summed E-state index contributed by atoms with van der Waals surface area (Å²) in [5.74, 6) is 0.253. The Hall–Kier alpha value is -4.80. The topological polar surface area (TPSA) is 110 Å². The van der Waals surface area contributed by atoms with E-state index in [2.05, 4.69) is 16.0 Å². The zero-order valence-corrected chi connectivity index (χ0v) is 28.1. The average molecular weight is 676 g/mol. The summed E-state index contributed by atoms with van der Waals surface area (Å²) in [7, 11) is 6.68. The van der Waals surface area contributed by atoms with E-state index in [0.29, 0.717) is 37.5 Å². The van der Waals surface area contributed by atoms with Crippen LogP contribution in [-0.4, -0.2) is 43.8 Å². The second kappa shape index (κ2) is 13.9. The molecule has 0 fully saturated rings. The number of aryl methyl sites for hydroxylation is 1. The van der Waals surface area contributed by atoms with Crippen LogP contribution in [0.15, 0.2) is 74.6 Å². The molecule has 0 bridgehead atoms. The SMILES string of the molecule is COC(=O)C1=C(C)N=c2sc(=Cc3ccc(OC)c(CSc4nc(C(F)F)cc(C)c4C#N)c3)c(=O)n2C1c1ccc(N(C)C)cc1. The van der Waals surface area contributed by atoms with Gasteiger partial charge in [0, 0.05) is 31.1 Å². The largest absolute Gasteiger partial charge is 0.496 e. The normalized spacial score (nSPS) is 14.5. The Morgan fingerprint density at radius 1 is 1.17 bits per heavy atom. The predicted octanol–water partition coefficient (Wildman–Crippen LogP) is 5.29. The molecule has 9 nitrogen and oxygen atoms in total. The number of thiazole rings is 1. The number of fused-ring (bicyclic) bond motifs is 1. The summed E-state index contributed by atoms with van der Waals surface area (Å²) in [4.78, 5) is 38.1. The maximum absolute atomic E-state index is 14.0. The van der Waals surface area contributed by atoms with Crippen LogP contribution in [-0.2, 0) is 15.3 Å². The molecule has 1 aliphatic rings. The van der Waals surface area contributed by atoms with Gasteiger partial charge in [0.05, 0.1) is 41.6 Å². The van der Waals surface area contributed by atoms with Crippen LogP contribution in [0.5, 0.6) is 5.75 Å². The molecule has 0 saturated heterocycles. The maximum Gasteiger partial charge on any atom is 0.338 e. The molecule has 0 spiro atoms. The number of carbonyl (C=O) groups is 1. The van der Waals surface area contributed by atoms with Crippen LogP contribution in [0.1, 0.15) is 52.9 Å². The molecule has 5 rings (SSSR count). The lowest BCUT2D eigenvalue weighted by atomic mass is 9.95. The number of nitrogens with zero attached hydrogens (tertiary/aromatic N) is 5. The first-order valence-corrected chi connectivity index (χ1v) is 16.1. The van der Waals surface area contributed by atoms with Crippen LogP contribution < -0.4 is 24.5 Å². The number of halogens is 2. The Bertz CT molecular complexity index is 2120. The van der Waals surface area contributed by atoms with Crippen molar-refractivity contribution in [3.63, 3.8) is 0 Å². The average Bonchev–Trinajstić information content (AvgIpc) is 3.35. The van der Waals surface area contributed by atoms with E-state index in [1.54, 1.807) is 32.1 Å². The number of rotatable bonds is 9. The van der Waals surface area contributed by atoms with Gasteiger partial charge in [0.15, 0.2) is 4.80 Å². The number of ether oxygens (including phenoxy) is 2. The quantitative estimate of drug-likeness (QED) is 0.174. The Balaban J connectivity index is 1.57. The number of nitriles is 1. The number of allylic oxidation sites excluding steroid dienone is 1. The van der Waals surface area contributed by atoms with E-state index in [0.717, 1.165) is 23.0 Å². The van der Waals surface area contributed by atoms with Gasteiger partial charge in [-0.05, 0) is 66.9 Å². The van der Waals surface area contributed by atoms with E-state index >= 15 is 0 Å². The number of pyridine rings is 1. The fraction of sp³-hybridized carbons (Fsp3) is 0.265. The van der Waals surface area contributed by atoms with E-state index in [4.69, 9.17) is 9.47 Å². The molecule has 1 aliphatic heterocycles. The molecule has 1 unspecified atom stereocenters. The van der Waals surface area contributed by atoms with E-state index in [-0.39, 0.29) is 27.5 Å². The fourth-order valence-electron chi connectivity index (χ4n) is 5.28. The fourth-order valence-corrected chi connectivity index (χ4v) is 7.37. The van der Waals surface area contributed by atoms with Crippen molar-refractivity contribution in [3.05, 3.63) is 113 Å². The highest BCUT2D eigenvalue weighted by Gasteiger charge is 2.33. The number of hydrogen-bond acceptors (Lipinski definition) is 10. The Labute approximate surface area is 278 Å². The van der Waals surface area contributed by atoms with Crippen molar-refractivity contribution in [2.75, 3.05) is 33.2 Å². The molecule has 0 aliphatic carbocycles. The highest BCUT2D eigenvalue weighted by atomic mass is 32.2. The van der Waals surface area contributed by atoms with Gasteiger partial charge in [0.1, 0.15) is 22.5 Å². The molecule has 1 atom stereocenters. The van der Waals surface area contributed by atoms with Crippen LogP contribution in [0.4, 0.5) is 14.5 Å². The molecule has 2 aromatic carbocycles. The van der Waals surface area contributed by atoms with Gasteiger partial charge in [0.25, 0.3) is 12.0 Å². The zero-order chi connectivity index (χ0) is 34.0. The second-order valence-electron chi connectivity index (χ2n) is 10.9. The highest BCUT2D eigenvalue weighted by Crippen LogP contribution is 2.34. The summed E-state index contributed by atoms with van der Waals surface area (Å²) >= 11 is 2.36. The van der Waals surface area contributed by atoms with Crippen molar-refractivity contribution in [2.45, 2.75) is 37.1 Å². The highest BCUT2D eigenvalue weighted by molar-refractivity contribution is 7.98. The molecular formula is C34H31F2N5O4S2. The number of anilines is 1. The number of thioether (sulfide) groups is 1. The minimum atomic E-state index is -2.77. The van der Waals surface area contributed by atoms with E-state index in [1.807, 2.05) is 49.3 Å². The molecule has 47 heavy (non-hydrogen) atoms. The smallest absolute Gasteiger partial charge is 0.338 e. The summed E-state index contributed by atoms with van der Waals surface area (Å²) in [5, 5.41) is 9.85. The minimum Gasteiger partial charge on any atom is -0.496 e. The lowest BCUT2D eigenvalue weighted by Crippen LogP contribution is -2.39. The van der Waals surface area contributed by atoms with Gasteiger partial charge in [0.2, 0.25) is 0 Å². The molecule has 13 heteroatoms. The summed E-state index contributed by atoms with van der Waals surface area (Å²) in [6.45, 7) is 3.33. The minimum absolute atomic E-state index is 0.207. The van der Waals surface area contributed by atoms with Gasteiger partial charge in [-0.1, -0.05) is 29.5 Å². The molecule has 0 amide bonds.